The molecule has 0 N–H and O–H groups in total. The summed E-state index contributed by atoms with van der Waals surface area (Å²) in [5.41, 5.74) is 4.07. The summed E-state index contributed by atoms with van der Waals surface area (Å²) in [4.78, 5) is 1.88. The number of nitrogens with zero attached hydrogens (tertiary/aromatic N) is 3. The van der Waals surface area contributed by atoms with Crippen LogP contribution in [0.2, 0.25) is 0 Å². The molecule has 2 heterocycles. The van der Waals surface area contributed by atoms with Gasteiger partial charge in [-0.25, -0.2) is 9.07 Å². The molecule has 1 unspecified atom stereocenters. The van der Waals surface area contributed by atoms with Crippen LogP contribution in [0.1, 0.15) is 25.1 Å². The van der Waals surface area contributed by atoms with E-state index in [-0.39, 0.29) is 0 Å². The summed E-state index contributed by atoms with van der Waals surface area (Å²) in [7, 11) is 3.60. The van der Waals surface area contributed by atoms with Crippen molar-refractivity contribution < 1.29 is 9.13 Å². The first-order chi connectivity index (χ1) is 9.73. The van der Waals surface area contributed by atoms with Crippen LogP contribution in [0.4, 0.5) is 4.39 Å². The number of alkyl halides is 1. The lowest BCUT2D eigenvalue weighted by atomic mass is 10.0. The average Bonchev–Trinajstić information content (AvgIpc) is 2.64. The maximum Gasteiger partial charge on any atom is 0.237 e. The van der Waals surface area contributed by atoms with Crippen LogP contribution in [0.3, 0.4) is 0 Å². The van der Waals surface area contributed by atoms with Gasteiger partial charge in [0.2, 0.25) is 12.2 Å². The van der Waals surface area contributed by atoms with Gasteiger partial charge in [-0.3, -0.25) is 0 Å². The molecule has 114 valence electrons. The second-order valence-electron chi connectivity index (χ2n) is 5.09. The Balaban J connectivity index is 2.57. The molecule has 1 aromatic heterocycles. The van der Waals surface area contributed by atoms with Crippen LogP contribution in [-0.4, -0.2) is 28.1 Å². The fourth-order valence-electron chi connectivity index (χ4n) is 2.40. The van der Waals surface area contributed by atoms with Crippen molar-refractivity contribution in [2.24, 2.45) is 7.05 Å². The van der Waals surface area contributed by atoms with Crippen molar-refractivity contribution in [3.8, 4) is 5.88 Å². The second kappa shape index (κ2) is 5.56. The first-order valence-corrected chi connectivity index (χ1v) is 6.97. The molecule has 0 amide bonds. The highest BCUT2D eigenvalue weighted by Crippen LogP contribution is 2.37. The van der Waals surface area contributed by atoms with Crippen molar-refractivity contribution in [1.29, 1.82) is 0 Å². The number of ether oxygens (including phenoxy) is 1. The van der Waals surface area contributed by atoms with E-state index < -0.39 is 6.36 Å². The fourth-order valence-corrected chi connectivity index (χ4v) is 2.70. The topological polar surface area (TPSA) is 30.3 Å². The van der Waals surface area contributed by atoms with Gasteiger partial charge < -0.3 is 9.64 Å². The molecule has 0 bridgehead atoms. The van der Waals surface area contributed by atoms with Crippen molar-refractivity contribution in [1.82, 2.24) is 14.7 Å². The maximum absolute atomic E-state index is 13.1. The van der Waals surface area contributed by atoms with E-state index in [9.17, 15) is 4.39 Å². The number of hydrogen-bond donors (Lipinski definition) is 0. The van der Waals surface area contributed by atoms with E-state index in [1.807, 2.05) is 31.9 Å². The van der Waals surface area contributed by atoms with Crippen molar-refractivity contribution in [3.05, 3.63) is 40.2 Å². The van der Waals surface area contributed by atoms with Gasteiger partial charge in [0, 0.05) is 26.6 Å². The molecule has 0 fully saturated rings. The second-order valence-corrected chi connectivity index (χ2v) is 5.50. The predicted molar refractivity (Wildman–Crippen MR) is 82.6 cm³/mol. The van der Waals surface area contributed by atoms with Crippen LogP contribution < -0.4 is 4.74 Å². The third-order valence-corrected chi connectivity index (χ3v) is 3.78. The first kappa shape index (κ1) is 15.6. The number of aromatic nitrogens is 2. The van der Waals surface area contributed by atoms with Gasteiger partial charge in [0.25, 0.3) is 0 Å². The number of halogens is 2. The molecule has 21 heavy (non-hydrogen) atoms. The van der Waals surface area contributed by atoms with E-state index in [0.717, 1.165) is 22.5 Å². The Morgan fingerprint density at radius 3 is 2.57 bits per heavy atom. The maximum atomic E-state index is 13.1. The first-order valence-electron chi connectivity index (χ1n) is 6.59. The predicted octanol–water partition coefficient (Wildman–Crippen LogP) is 3.74. The van der Waals surface area contributed by atoms with Gasteiger partial charge in [0.1, 0.15) is 5.69 Å². The minimum Gasteiger partial charge on any atom is -0.444 e. The summed E-state index contributed by atoms with van der Waals surface area (Å²) < 4.78 is 19.9. The van der Waals surface area contributed by atoms with Gasteiger partial charge >= 0.3 is 0 Å². The summed E-state index contributed by atoms with van der Waals surface area (Å²) in [6, 6.07) is 0. The number of aryl methyl sites for hydroxylation is 1. The van der Waals surface area contributed by atoms with Crippen LogP contribution in [-0.2, 0) is 7.05 Å². The number of hydrogen-bond acceptors (Lipinski definition) is 3. The lowest BCUT2D eigenvalue weighted by molar-refractivity contribution is 0.0754. The molecular formula is C15H19ClFN3O. The Morgan fingerprint density at radius 2 is 2.00 bits per heavy atom. The molecule has 0 spiro atoms. The Labute approximate surface area is 129 Å². The van der Waals surface area contributed by atoms with E-state index in [1.165, 1.54) is 11.6 Å². The highest BCUT2D eigenvalue weighted by molar-refractivity contribution is 6.32. The molecule has 2 rings (SSSR count). The minimum absolute atomic E-state index is 0.417. The highest BCUT2D eigenvalue weighted by Gasteiger charge is 2.26. The number of likely N-dealkylation sites (N-methyl/N-ethyl adjacent to an activating group) is 1. The van der Waals surface area contributed by atoms with E-state index >= 15 is 0 Å². The smallest absolute Gasteiger partial charge is 0.237 e. The molecule has 1 atom stereocenters. The van der Waals surface area contributed by atoms with Crippen LogP contribution in [0.15, 0.2) is 29.0 Å². The molecule has 0 radical (unpaired) electrons. The normalized spacial score (nSPS) is 17.2. The summed E-state index contributed by atoms with van der Waals surface area (Å²) in [5.74, 6) is 0.417. The third kappa shape index (κ3) is 2.70. The Hall–Kier alpha value is -1.75. The standard InChI is InChI=1S/C15H19ClFN3O/c1-8-7-12(16)10(3)19(5)14(8)13-9(2)15(20(6)18-13)21-11(4)17/h7,11H,3H2,1-2,4-6H3. The van der Waals surface area contributed by atoms with Crippen molar-refractivity contribution >= 4 is 17.3 Å². The van der Waals surface area contributed by atoms with Crippen LogP contribution >= 0.6 is 11.6 Å². The molecular weight excluding hydrogens is 293 g/mol. The summed E-state index contributed by atoms with van der Waals surface area (Å²) >= 11 is 6.14. The largest absolute Gasteiger partial charge is 0.444 e. The number of rotatable bonds is 3. The van der Waals surface area contributed by atoms with E-state index in [4.69, 9.17) is 16.3 Å². The van der Waals surface area contributed by atoms with Crippen molar-refractivity contribution in [3.63, 3.8) is 0 Å². The van der Waals surface area contributed by atoms with Gasteiger partial charge in [-0.15, -0.1) is 0 Å². The zero-order valence-corrected chi connectivity index (χ0v) is 13.6. The van der Waals surface area contributed by atoms with E-state index in [1.54, 1.807) is 7.05 Å². The molecule has 1 aliphatic heterocycles. The van der Waals surface area contributed by atoms with Crippen LogP contribution in [0, 0.1) is 6.92 Å². The molecule has 0 aliphatic carbocycles. The molecule has 0 aromatic carbocycles. The number of allylic oxidation sites excluding steroid dienone is 3. The molecule has 6 heteroatoms. The molecule has 1 aromatic rings. The molecule has 4 nitrogen and oxygen atoms in total. The zero-order chi connectivity index (χ0) is 15.9. The SMILES string of the molecule is C=C1C(Cl)=CC(C)=C(c2nn(C)c(OC(C)F)c2C)N1C. The Morgan fingerprint density at radius 1 is 1.38 bits per heavy atom. The van der Waals surface area contributed by atoms with Crippen LogP contribution in [0.25, 0.3) is 5.70 Å². The van der Waals surface area contributed by atoms with Gasteiger partial charge in [-0.05, 0) is 25.5 Å². The summed E-state index contributed by atoms with van der Waals surface area (Å²) in [6.45, 7) is 9.11. The van der Waals surface area contributed by atoms with E-state index in [2.05, 4.69) is 11.7 Å². The van der Waals surface area contributed by atoms with Crippen LogP contribution in [0.5, 0.6) is 5.88 Å². The molecule has 1 aliphatic rings. The van der Waals surface area contributed by atoms with Crippen molar-refractivity contribution in [2.45, 2.75) is 27.1 Å². The minimum atomic E-state index is -1.39. The van der Waals surface area contributed by atoms with Gasteiger partial charge in [-0.2, -0.15) is 5.10 Å². The fraction of sp³-hybridized carbons (Fsp3) is 0.400. The third-order valence-electron chi connectivity index (χ3n) is 3.45. The quantitative estimate of drug-likeness (QED) is 0.852. The highest BCUT2D eigenvalue weighted by atomic mass is 35.5. The van der Waals surface area contributed by atoms with Gasteiger partial charge in [0.15, 0.2) is 0 Å². The Bertz CT molecular complexity index is 658. The lowest BCUT2D eigenvalue weighted by Crippen LogP contribution is -2.21. The van der Waals surface area contributed by atoms with E-state index in [0.29, 0.717) is 16.6 Å². The zero-order valence-electron chi connectivity index (χ0n) is 12.9. The van der Waals surface area contributed by atoms with Gasteiger partial charge in [0.05, 0.1) is 16.4 Å². The lowest BCUT2D eigenvalue weighted by Gasteiger charge is -2.29. The molecule has 0 saturated carbocycles. The average molecular weight is 312 g/mol. The summed E-state index contributed by atoms with van der Waals surface area (Å²) in [6.07, 6.45) is 0.460. The molecule has 0 saturated heterocycles. The van der Waals surface area contributed by atoms with Gasteiger partial charge in [-0.1, -0.05) is 18.2 Å². The Kier molecular flexibility index (Phi) is 4.14. The van der Waals surface area contributed by atoms with Crippen molar-refractivity contribution in [2.75, 3.05) is 7.05 Å². The summed E-state index contributed by atoms with van der Waals surface area (Å²) in [5, 5.41) is 5.06. The monoisotopic (exact) mass is 311 g/mol.